The number of benzene rings is 1. The topological polar surface area (TPSA) is 79.0 Å². The van der Waals surface area contributed by atoms with Gasteiger partial charge in [0, 0.05) is 25.7 Å². The first-order valence-electron chi connectivity index (χ1n) is 5.46. The molecule has 0 unspecified atom stereocenters. The molecule has 0 aliphatic carbocycles. The third-order valence-electron chi connectivity index (χ3n) is 3.09. The van der Waals surface area contributed by atoms with Gasteiger partial charge in [0.25, 0.3) is 0 Å². The van der Waals surface area contributed by atoms with Gasteiger partial charge in [-0.05, 0) is 6.07 Å². The van der Waals surface area contributed by atoms with Crippen molar-refractivity contribution in [3.63, 3.8) is 0 Å². The standard InChI is InChI=1S/C12H12N4O2/c1-15-9-5-3-4-7(8-6-10(13)18-14-8)11(9)16(2)12(15)17/h3-6H,13H2,1-2H3. The van der Waals surface area contributed by atoms with Crippen molar-refractivity contribution in [3.8, 4) is 11.3 Å². The number of nitrogens with two attached hydrogens (primary N) is 1. The minimum absolute atomic E-state index is 0.0751. The zero-order valence-electron chi connectivity index (χ0n) is 10.0. The molecule has 6 heteroatoms. The maximum atomic E-state index is 11.9. The molecule has 3 rings (SSSR count). The van der Waals surface area contributed by atoms with Gasteiger partial charge in [-0.1, -0.05) is 17.3 Å². The highest BCUT2D eigenvalue weighted by Gasteiger charge is 2.14. The molecule has 0 spiro atoms. The summed E-state index contributed by atoms with van der Waals surface area (Å²) < 4.78 is 8.07. The van der Waals surface area contributed by atoms with E-state index in [-0.39, 0.29) is 11.6 Å². The fourth-order valence-electron chi connectivity index (χ4n) is 2.20. The summed E-state index contributed by atoms with van der Waals surface area (Å²) in [6.45, 7) is 0. The molecular weight excluding hydrogens is 232 g/mol. The molecular formula is C12H12N4O2. The Morgan fingerprint density at radius 1 is 1.28 bits per heavy atom. The number of hydrogen-bond donors (Lipinski definition) is 1. The van der Waals surface area contributed by atoms with Crippen molar-refractivity contribution in [2.45, 2.75) is 0 Å². The minimum atomic E-state index is -0.0751. The van der Waals surface area contributed by atoms with Gasteiger partial charge in [-0.25, -0.2) is 4.79 Å². The second kappa shape index (κ2) is 3.49. The number of aromatic nitrogens is 3. The lowest BCUT2D eigenvalue weighted by Gasteiger charge is -2.00. The number of imidazole rings is 1. The lowest BCUT2D eigenvalue weighted by Crippen LogP contribution is -2.19. The van der Waals surface area contributed by atoms with Gasteiger partial charge in [-0.15, -0.1) is 0 Å². The van der Waals surface area contributed by atoms with Gasteiger partial charge in [0.05, 0.1) is 11.0 Å². The van der Waals surface area contributed by atoms with Crippen molar-refractivity contribution in [3.05, 3.63) is 34.7 Å². The van der Waals surface area contributed by atoms with E-state index in [2.05, 4.69) is 5.16 Å². The Morgan fingerprint density at radius 3 is 2.72 bits per heavy atom. The summed E-state index contributed by atoms with van der Waals surface area (Å²) >= 11 is 0. The van der Waals surface area contributed by atoms with Gasteiger partial charge < -0.3 is 10.3 Å². The molecule has 2 aromatic heterocycles. The van der Waals surface area contributed by atoms with Crippen LogP contribution in [0.25, 0.3) is 22.3 Å². The maximum absolute atomic E-state index is 11.9. The Kier molecular flexibility index (Phi) is 2.07. The van der Waals surface area contributed by atoms with E-state index in [9.17, 15) is 4.79 Å². The average molecular weight is 244 g/mol. The highest BCUT2D eigenvalue weighted by molar-refractivity contribution is 5.91. The van der Waals surface area contributed by atoms with Crippen molar-refractivity contribution in [2.75, 3.05) is 5.73 Å². The van der Waals surface area contributed by atoms with Crippen LogP contribution in [0.2, 0.25) is 0 Å². The molecule has 0 saturated carbocycles. The fraction of sp³-hybridized carbons (Fsp3) is 0.167. The van der Waals surface area contributed by atoms with Gasteiger partial charge >= 0.3 is 5.69 Å². The molecule has 0 aliphatic rings. The Labute approximate surface area is 102 Å². The highest BCUT2D eigenvalue weighted by atomic mass is 16.5. The molecule has 0 amide bonds. The summed E-state index contributed by atoms with van der Waals surface area (Å²) in [5, 5.41) is 3.89. The van der Waals surface area contributed by atoms with Gasteiger partial charge in [-0.2, -0.15) is 0 Å². The summed E-state index contributed by atoms with van der Waals surface area (Å²) in [6.07, 6.45) is 0. The quantitative estimate of drug-likeness (QED) is 0.695. The van der Waals surface area contributed by atoms with Gasteiger partial charge in [0.2, 0.25) is 5.88 Å². The van der Waals surface area contributed by atoms with E-state index in [0.29, 0.717) is 5.69 Å². The van der Waals surface area contributed by atoms with Crippen LogP contribution in [0, 0.1) is 0 Å². The molecule has 6 nitrogen and oxygen atoms in total. The molecule has 0 atom stereocenters. The second-order valence-corrected chi connectivity index (χ2v) is 4.19. The number of rotatable bonds is 1. The van der Waals surface area contributed by atoms with Crippen LogP contribution in [-0.4, -0.2) is 14.3 Å². The van der Waals surface area contributed by atoms with Crippen molar-refractivity contribution < 1.29 is 4.52 Å². The van der Waals surface area contributed by atoms with E-state index in [4.69, 9.17) is 10.3 Å². The van der Waals surface area contributed by atoms with Crippen molar-refractivity contribution in [1.82, 2.24) is 14.3 Å². The van der Waals surface area contributed by atoms with Crippen LogP contribution in [-0.2, 0) is 14.1 Å². The van der Waals surface area contributed by atoms with Crippen LogP contribution >= 0.6 is 0 Å². The molecule has 3 aromatic rings. The summed E-state index contributed by atoms with van der Waals surface area (Å²) in [7, 11) is 3.48. The zero-order chi connectivity index (χ0) is 12.9. The summed E-state index contributed by atoms with van der Waals surface area (Å²) in [4.78, 5) is 11.9. The van der Waals surface area contributed by atoms with Gasteiger partial charge in [0.1, 0.15) is 5.69 Å². The van der Waals surface area contributed by atoms with E-state index in [1.54, 1.807) is 29.3 Å². The first kappa shape index (κ1) is 10.6. The molecule has 2 N–H and O–H groups in total. The van der Waals surface area contributed by atoms with Gasteiger partial charge in [-0.3, -0.25) is 9.13 Å². The molecule has 92 valence electrons. The number of hydrogen-bond acceptors (Lipinski definition) is 4. The van der Waals surface area contributed by atoms with E-state index in [1.165, 1.54) is 0 Å². The minimum Gasteiger partial charge on any atom is -0.368 e. The number of anilines is 1. The first-order valence-corrected chi connectivity index (χ1v) is 5.46. The number of aryl methyl sites for hydroxylation is 2. The molecule has 0 radical (unpaired) electrons. The van der Waals surface area contributed by atoms with E-state index < -0.39 is 0 Å². The molecule has 18 heavy (non-hydrogen) atoms. The van der Waals surface area contributed by atoms with E-state index in [1.807, 2.05) is 18.2 Å². The van der Waals surface area contributed by atoms with Crippen LogP contribution in [0.15, 0.2) is 33.6 Å². The predicted octanol–water partition coefficient (Wildman–Crippen LogP) is 1.11. The Morgan fingerprint density at radius 2 is 2.06 bits per heavy atom. The number of nitrogen functional groups attached to an aromatic ring is 1. The second-order valence-electron chi connectivity index (χ2n) is 4.19. The van der Waals surface area contributed by atoms with Gasteiger partial charge in [0.15, 0.2) is 0 Å². The molecule has 0 saturated heterocycles. The summed E-state index contributed by atoms with van der Waals surface area (Å²) in [5.41, 5.74) is 8.57. The van der Waals surface area contributed by atoms with Crippen LogP contribution < -0.4 is 11.4 Å². The SMILES string of the molecule is Cn1c(=O)n(C)c2c(-c3cc(N)on3)cccc21. The third kappa shape index (κ3) is 1.29. The number of para-hydroxylation sites is 1. The fourth-order valence-corrected chi connectivity index (χ4v) is 2.20. The third-order valence-corrected chi connectivity index (χ3v) is 3.09. The molecule has 0 bridgehead atoms. The highest BCUT2D eigenvalue weighted by Crippen LogP contribution is 2.27. The number of fused-ring (bicyclic) bond motifs is 1. The van der Waals surface area contributed by atoms with Crippen LogP contribution in [0.1, 0.15) is 0 Å². The monoisotopic (exact) mass is 244 g/mol. The Hall–Kier alpha value is -2.50. The summed E-state index contributed by atoms with van der Waals surface area (Å²) in [5.74, 6) is 0.253. The first-order chi connectivity index (χ1) is 8.59. The Bertz CT molecular complexity index is 794. The molecule has 2 heterocycles. The predicted molar refractivity (Wildman–Crippen MR) is 68.1 cm³/mol. The van der Waals surface area contributed by atoms with Crippen LogP contribution in [0.4, 0.5) is 5.88 Å². The van der Waals surface area contributed by atoms with Crippen molar-refractivity contribution in [2.24, 2.45) is 14.1 Å². The molecule has 0 aliphatic heterocycles. The van der Waals surface area contributed by atoms with Crippen molar-refractivity contribution in [1.29, 1.82) is 0 Å². The van der Waals surface area contributed by atoms with E-state index in [0.717, 1.165) is 16.6 Å². The molecule has 1 aromatic carbocycles. The normalized spacial score (nSPS) is 11.2. The summed E-state index contributed by atoms with van der Waals surface area (Å²) in [6, 6.07) is 7.30. The lowest BCUT2D eigenvalue weighted by atomic mass is 10.1. The average Bonchev–Trinajstić information content (AvgIpc) is 2.89. The van der Waals surface area contributed by atoms with Crippen molar-refractivity contribution >= 4 is 16.9 Å². The van der Waals surface area contributed by atoms with E-state index >= 15 is 0 Å². The van der Waals surface area contributed by atoms with Crippen LogP contribution in [0.5, 0.6) is 0 Å². The lowest BCUT2D eigenvalue weighted by molar-refractivity contribution is 0.439. The molecule has 0 fully saturated rings. The smallest absolute Gasteiger partial charge is 0.328 e. The largest absolute Gasteiger partial charge is 0.368 e. The Balaban J connectivity index is 2.44. The maximum Gasteiger partial charge on any atom is 0.328 e. The number of nitrogens with zero attached hydrogens (tertiary/aromatic N) is 3. The van der Waals surface area contributed by atoms with Crippen LogP contribution in [0.3, 0.4) is 0 Å². The zero-order valence-corrected chi connectivity index (χ0v) is 10.0.